The number of carbonyl (C=O) groups is 1. The van der Waals surface area contributed by atoms with Crippen molar-refractivity contribution in [2.45, 2.75) is 6.92 Å². The summed E-state index contributed by atoms with van der Waals surface area (Å²) >= 11 is 1.39. The quantitative estimate of drug-likeness (QED) is 0.718. The van der Waals surface area contributed by atoms with Crippen LogP contribution in [0.4, 0.5) is 0 Å². The van der Waals surface area contributed by atoms with Gasteiger partial charge < -0.3 is 4.74 Å². The van der Waals surface area contributed by atoms with Crippen molar-refractivity contribution >= 4 is 27.5 Å². The van der Waals surface area contributed by atoms with Crippen LogP contribution in [0.25, 0.3) is 21.5 Å². The molecule has 0 fully saturated rings. The van der Waals surface area contributed by atoms with Crippen LogP contribution in [0.5, 0.6) is 5.06 Å². The Morgan fingerprint density at radius 2 is 2.39 bits per heavy atom. The molecule has 3 aromatic rings. The van der Waals surface area contributed by atoms with Gasteiger partial charge in [-0.2, -0.15) is 5.10 Å². The fourth-order valence-corrected chi connectivity index (χ4v) is 2.70. The number of esters is 1. The lowest BCUT2D eigenvalue weighted by molar-refractivity contribution is -0.131. The van der Waals surface area contributed by atoms with Crippen LogP contribution in [0.2, 0.25) is 0 Å². The number of aromatic nitrogens is 3. The summed E-state index contributed by atoms with van der Waals surface area (Å²) in [6, 6.07) is 5.57. The van der Waals surface area contributed by atoms with E-state index in [2.05, 4.69) is 15.2 Å². The second-order valence-electron chi connectivity index (χ2n) is 3.72. The second-order valence-corrected chi connectivity index (χ2v) is 4.73. The van der Waals surface area contributed by atoms with Crippen molar-refractivity contribution in [3.8, 4) is 16.3 Å². The van der Waals surface area contributed by atoms with Gasteiger partial charge >= 0.3 is 5.97 Å². The number of aromatic amines is 1. The lowest BCUT2D eigenvalue weighted by atomic mass is 10.2. The van der Waals surface area contributed by atoms with Gasteiger partial charge in [-0.05, 0) is 12.1 Å². The predicted octanol–water partition coefficient (Wildman–Crippen LogP) is 2.61. The predicted molar refractivity (Wildman–Crippen MR) is 68.5 cm³/mol. The minimum Gasteiger partial charge on any atom is -0.415 e. The van der Waals surface area contributed by atoms with Gasteiger partial charge in [0.1, 0.15) is 5.69 Å². The largest absolute Gasteiger partial charge is 0.415 e. The Labute approximate surface area is 106 Å². The molecule has 0 spiro atoms. The maximum absolute atomic E-state index is 10.9. The van der Waals surface area contributed by atoms with E-state index in [9.17, 15) is 4.79 Å². The van der Waals surface area contributed by atoms with Gasteiger partial charge in [0.25, 0.3) is 0 Å². The molecular formula is C12H9N3O2S. The summed E-state index contributed by atoms with van der Waals surface area (Å²) in [4.78, 5) is 15.0. The minimum absolute atomic E-state index is 0.324. The molecule has 3 heterocycles. The van der Waals surface area contributed by atoms with E-state index in [1.807, 2.05) is 12.1 Å². The van der Waals surface area contributed by atoms with Gasteiger partial charge in [-0.15, -0.1) is 0 Å². The SMILES string of the molecule is CC(=O)Oc1cc2[nH]nc(-c3cccnc3)c2s1. The van der Waals surface area contributed by atoms with Gasteiger partial charge in [0.05, 0.1) is 10.2 Å². The molecule has 5 nitrogen and oxygen atoms in total. The fourth-order valence-electron chi connectivity index (χ4n) is 1.68. The molecule has 0 saturated heterocycles. The molecule has 0 aliphatic heterocycles. The Hall–Kier alpha value is -2.21. The zero-order valence-electron chi connectivity index (χ0n) is 9.51. The first kappa shape index (κ1) is 10.9. The van der Waals surface area contributed by atoms with Crippen LogP contribution >= 0.6 is 11.3 Å². The van der Waals surface area contributed by atoms with Crippen molar-refractivity contribution in [1.29, 1.82) is 0 Å². The Morgan fingerprint density at radius 3 is 3.11 bits per heavy atom. The van der Waals surface area contributed by atoms with E-state index in [1.165, 1.54) is 18.3 Å². The smallest absolute Gasteiger partial charge is 0.308 e. The third kappa shape index (κ3) is 1.86. The highest BCUT2D eigenvalue weighted by Gasteiger charge is 2.13. The molecule has 0 saturated carbocycles. The standard InChI is InChI=1S/C12H9N3O2S/c1-7(16)17-10-5-9-12(18-10)11(15-14-9)8-3-2-4-13-6-8/h2-6H,1H3,(H,14,15). The summed E-state index contributed by atoms with van der Waals surface area (Å²) in [6.45, 7) is 1.38. The van der Waals surface area contributed by atoms with Crippen molar-refractivity contribution < 1.29 is 9.53 Å². The molecule has 0 aliphatic carbocycles. The molecule has 0 aromatic carbocycles. The summed E-state index contributed by atoms with van der Waals surface area (Å²) in [5.74, 6) is -0.324. The van der Waals surface area contributed by atoms with E-state index in [4.69, 9.17) is 4.74 Å². The molecule has 90 valence electrons. The minimum atomic E-state index is -0.324. The maximum Gasteiger partial charge on any atom is 0.308 e. The summed E-state index contributed by atoms with van der Waals surface area (Å²) in [5, 5.41) is 7.74. The van der Waals surface area contributed by atoms with Crippen molar-refractivity contribution in [3.63, 3.8) is 0 Å². The topological polar surface area (TPSA) is 67.9 Å². The van der Waals surface area contributed by atoms with Gasteiger partial charge in [0.15, 0.2) is 5.06 Å². The van der Waals surface area contributed by atoms with Crippen molar-refractivity contribution in [2.75, 3.05) is 0 Å². The number of rotatable bonds is 2. The molecular weight excluding hydrogens is 250 g/mol. The Bertz CT molecular complexity index is 703. The van der Waals surface area contributed by atoms with Gasteiger partial charge in [-0.3, -0.25) is 14.9 Å². The van der Waals surface area contributed by atoms with Crippen LogP contribution in [0.3, 0.4) is 0 Å². The average Bonchev–Trinajstić information content (AvgIpc) is 2.88. The first-order valence-electron chi connectivity index (χ1n) is 5.31. The molecule has 6 heteroatoms. The Balaban J connectivity index is 2.08. The third-order valence-corrected chi connectivity index (χ3v) is 3.41. The lowest BCUT2D eigenvalue weighted by Crippen LogP contribution is -1.99. The highest BCUT2D eigenvalue weighted by molar-refractivity contribution is 7.21. The van der Waals surface area contributed by atoms with Crippen molar-refractivity contribution in [3.05, 3.63) is 30.6 Å². The number of nitrogens with zero attached hydrogens (tertiary/aromatic N) is 2. The van der Waals surface area contributed by atoms with Crippen LogP contribution < -0.4 is 4.74 Å². The van der Waals surface area contributed by atoms with Crippen molar-refractivity contribution in [2.24, 2.45) is 0 Å². The molecule has 0 bridgehead atoms. The summed E-state index contributed by atoms with van der Waals surface area (Å²) in [7, 11) is 0. The highest BCUT2D eigenvalue weighted by atomic mass is 32.1. The van der Waals surface area contributed by atoms with Gasteiger partial charge in [0.2, 0.25) is 0 Å². The van der Waals surface area contributed by atoms with Crippen molar-refractivity contribution in [1.82, 2.24) is 15.2 Å². The molecule has 0 atom stereocenters. The number of nitrogens with one attached hydrogen (secondary N) is 1. The Kier molecular flexibility index (Phi) is 2.56. The number of hydrogen-bond donors (Lipinski definition) is 1. The van der Waals surface area contributed by atoms with E-state index in [-0.39, 0.29) is 5.97 Å². The summed E-state index contributed by atoms with van der Waals surface area (Å²) < 4.78 is 6.02. The molecule has 1 N–H and O–H groups in total. The first-order valence-corrected chi connectivity index (χ1v) is 6.12. The van der Waals surface area contributed by atoms with Gasteiger partial charge in [-0.1, -0.05) is 11.3 Å². The van der Waals surface area contributed by atoms with E-state index < -0.39 is 0 Å². The number of pyridine rings is 1. The summed E-state index contributed by atoms with van der Waals surface area (Å²) in [5.41, 5.74) is 2.61. The fraction of sp³-hybridized carbons (Fsp3) is 0.0833. The van der Waals surface area contributed by atoms with E-state index in [0.717, 1.165) is 21.5 Å². The lowest BCUT2D eigenvalue weighted by Gasteiger charge is -1.95. The number of hydrogen-bond acceptors (Lipinski definition) is 5. The first-order chi connectivity index (χ1) is 8.74. The number of ether oxygens (including phenoxy) is 1. The maximum atomic E-state index is 10.9. The molecule has 18 heavy (non-hydrogen) atoms. The number of H-pyrrole nitrogens is 1. The number of carbonyl (C=O) groups excluding carboxylic acids is 1. The van der Waals surface area contributed by atoms with Gasteiger partial charge in [0, 0.05) is 30.9 Å². The van der Waals surface area contributed by atoms with Gasteiger partial charge in [-0.25, -0.2) is 0 Å². The van der Waals surface area contributed by atoms with E-state index in [1.54, 1.807) is 18.5 Å². The zero-order valence-corrected chi connectivity index (χ0v) is 10.3. The normalized spacial score (nSPS) is 10.7. The molecule has 0 aliphatic rings. The number of thiophene rings is 1. The monoisotopic (exact) mass is 259 g/mol. The molecule has 0 amide bonds. The summed E-state index contributed by atoms with van der Waals surface area (Å²) in [6.07, 6.45) is 3.47. The van der Waals surface area contributed by atoms with Crippen LogP contribution in [-0.4, -0.2) is 21.2 Å². The average molecular weight is 259 g/mol. The van der Waals surface area contributed by atoms with E-state index >= 15 is 0 Å². The van der Waals surface area contributed by atoms with Crippen LogP contribution in [0.1, 0.15) is 6.92 Å². The zero-order chi connectivity index (χ0) is 12.5. The molecule has 3 rings (SSSR count). The van der Waals surface area contributed by atoms with Crippen LogP contribution in [0.15, 0.2) is 30.6 Å². The third-order valence-electron chi connectivity index (χ3n) is 2.39. The van der Waals surface area contributed by atoms with Crippen LogP contribution in [-0.2, 0) is 4.79 Å². The number of fused-ring (bicyclic) bond motifs is 1. The highest BCUT2D eigenvalue weighted by Crippen LogP contribution is 2.36. The van der Waals surface area contributed by atoms with Crippen LogP contribution in [0, 0.1) is 0 Å². The molecule has 0 radical (unpaired) electrons. The Morgan fingerprint density at radius 1 is 1.50 bits per heavy atom. The van der Waals surface area contributed by atoms with E-state index in [0.29, 0.717) is 5.06 Å². The molecule has 0 unspecified atom stereocenters. The second kappa shape index (κ2) is 4.23. The molecule has 3 aromatic heterocycles.